The number of rotatable bonds is 4. The first-order valence-corrected chi connectivity index (χ1v) is 7.02. The molecule has 18 heavy (non-hydrogen) atoms. The van der Waals surface area contributed by atoms with E-state index in [1.165, 1.54) is 12.1 Å². The highest BCUT2D eigenvalue weighted by atomic mass is 32.2. The summed E-state index contributed by atoms with van der Waals surface area (Å²) < 4.78 is 34.0. The summed E-state index contributed by atoms with van der Waals surface area (Å²) in [5.41, 5.74) is 0.997. The van der Waals surface area contributed by atoms with Crippen molar-refractivity contribution in [2.24, 2.45) is 4.99 Å². The average Bonchev–Trinajstić information content (AvgIpc) is 2.73. The molecule has 1 atom stereocenters. The predicted molar refractivity (Wildman–Crippen MR) is 67.2 cm³/mol. The summed E-state index contributed by atoms with van der Waals surface area (Å²) in [5.74, 6) is 0.566. The number of nitrogens with zero attached hydrogens (tertiary/aromatic N) is 1. The molecule has 0 saturated heterocycles. The van der Waals surface area contributed by atoms with Gasteiger partial charge in [-0.3, -0.25) is 9.18 Å². The second kappa shape index (κ2) is 5.07. The number of benzene rings is 1. The molecule has 1 heterocycles. The van der Waals surface area contributed by atoms with Crippen LogP contribution >= 0.6 is 0 Å². The van der Waals surface area contributed by atoms with Crippen LogP contribution in [0, 0.1) is 6.92 Å². The predicted octanol–water partition coefficient (Wildman–Crippen LogP) is 1.52. The van der Waals surface area contributed by atoms with E-state index in [1.807, 2.05) is 6.92 Å². The molecule has 0 saturated carbocycles. The largest absolute Gasteiger partial charge is 0.474 e. The van der Waals surface area contributed by atoms with Crippen LogP contribution in [0.5, 0.6) is 0 Å². The molecule has 1 aromatic carbocycles. The smallest absolute Gasteiger partial charge is 0.297 e. The van der Waals surface area contributed by atoms with E-state index in [-0.39, 0.29) is 17.6 Å². The van der Waals surface area contributed by atoms with Gasteiger partial charge < -0.3 is 4.74 Å². The minimum absolute atomic E-state index is 0.0168. The van der Waals surface area contributed by atoms with Crippen molar-refractivity contribution < 1.29 is 17.3 Å². The van der Waals surface area contributed by atoms with Crippen LogP contribution in [0.3, 0.4) is 0 Å². The second-order valence-electron chi connectivity index (χ2n) is 4.15. The Morgan fingerprint density at radius 3 is 2.56 bits per heavy atom. The van der Waals surface area contributed by atoms with E-state index in [4.69, 9.17) is 8.92 Å². The van der Waals surface area contributed by atoms with E-state index < -0.39 is 10.1 Å². The lowest BCUT2D eigenvalue weighted by Gasteiger charge is -2.11. The molecule has 0 aromatic heterocycles. The number of hydrogen-bond acceptors (Lipinski definition) is 5. The van der Waals surface area contributed by atoms with Crippen LogP contribution in [-0.4, -0.2) is 33.6 Å². The fourth-order valence-electron chi connectivity index (χ4n) is 1.57. The Kier molecular flexibility index (Phi) is 3.68. The molecule has 1 aliphatic rings. The zero-order valence-corrected chi connectivity index (χ0v) is 11.1. The Morgan fingerprint density at radius 2 is 2.00 bits per heavy atom. The first kappa shape index (κ1) is 13.0. The molecular weight excluding hydrogens is 254 g/mol. The zero-order chi connectivity index (χ0) is 13.2. The molecule has 0 aliphatic carbocycles. The summed E-state index contributed by atoms with van der Waals surface area (Å²) >= 11 is 0. The molecule has 5 nitrogen and oxygen atoms in total. The van der Waals surface area contributed by atoms with Gasteiger partial charge in [0, 0.05) is 6.92 Å². The van der Waals surface area contributed by atoms with Crippen molar-refractivity contribution in [3.05, 3.63) is 29.8 Å². The van der Waals surface area contributed by atoms with Crippen molar-refractivity contribution in [2.75, 3.05) is 13.2 Å². The second-order valence-corrected chi connectivity index (χ2v) is 5.77. The van der Waals surface area contributed by atoms with E-state index >= 15 is 0 Å². The van der Waals surface area contributed by atoms with Gasteiger partial charge in [-0.15, -0.1) is 0 Å². The van der Waals surface area contributed by atoms with Crippen LogP contribution in [0.25, 0.3) is 0 Å². The van der Waals surface area contributed by atoms with E-state index in [0.29, 0.717) is 12.4 Å². The quantitative estimate of drug-likeness (QED) is 0.777. The van der Waals surface area contributed by atoms with E-state index in [9.17, 15) is 8.42 Å². The van der Waals surface area contributed by atoms with Crippen LogP contribution in [0.2, 0.25) is 0 Å². The topological polar surface area (TPSA) is 65.0 Å². The molecular formula is C12H15NO4S. The molecule has 0 N–H and O–H groups in total. The summed E-state index contributed by atoms with van der Waals surface area (Å²) in [7, 11) is -3.71. The summed E-state index contributed by atoms with van der Waals surface area (Å²) in [6, 6.07) is 6.52. The molecule has 0 spiro atoms. The van der Waals surface area contributed by atoms with E-state index in [1.54, 1.807) is 19.1 Å². The van der Waals surface area contributed by atoms with Crippen LogP contribution in [0.4, 0.5) is 0 Å². The normalized spacial score (nSPS) is 19.4. The van der Waals surface area contributed by atoms with Crippen LogP contribution in [-0.2, 0) is 19.0 Å². The van der Waals surface area contributed by atoms with Gasteiger partial charge in [0.15, 0.2) is 5.90 Å². The van der Waals surface area contributed by atoms with Crippen molar-refractivity contribution in [2.45, 2.75) is 24.8 Å². The highest BCUT2D eigenvalue weighted by molar-refractivity contribution is 7.86. The first-order valence-electron chi connectivity index (χ1n) is 5.61. The molecule has 0 radical (unpaired) electrons. The van der Waals surface area contributed by atoms with E-state index in [2.05, 4.69) is 4.99 Å². The number of aliphatic imine (C=N–C) groups is 1. The van der Waals surface area contributed by atoms with Crippen molar-refractivity contribution in [1.29, 1.82) is 0 Å². The van der Waals surface area contributed by atoms with Crippen LogP contribution < -0.4 is 0 Å². The average molecular weight is 269 g/mol. The lowest BCUT2D eigenvalue weighted by Crippen LogP contribution is -2.22. The first-order chi connectivity index (χ1) is 8.47. The minimum Gasteiger partial charge on any atom is -0.474 e. The molecule has 2 rings (SSSR count). The van der Waals surface area contributed by atoms with Crippen LogP contribution in [0.15, 0.2) is 34.2 Å². The van der Waals surface area contributed by atoms with Gasteiger partial charge in [-0.25, -0.2) is 0 Å². The molecule has 1 unspecified atom stereocenters. The Labute approximate surface area is 107 Å². The highest BCUT2D eigenvalue weighted by Crippen LogP contribution is 2.15. The maximum atomic E-state index is 11.9. The Morgan fingerprint density at radius 1 is 1.33 bits per heavy atom. The molecule has 0 bridgehead atoms. The monoisotopic (exact) mass is 269 g/mol. The van der Waals surface area contributed by atoms with E-state index in [0.717, 1.165) is 5.56 Å². The maximum Gasteiger partial charge on any atom is 0.297 e. The lowest BCUT2D eigenvalue weighted by molar-refractivity contribution is 0.146. The van der Waals surface area contributed by atoms with Crippen molar-refractivity contribution in [3.8, 4) is 0 Å². The van der Waals surface area contributed by atoms with Gasteiger partial charge in [0.25, 0.3) is 10.1 Å². The van der Waals surface area contributed by atoms with Gasteiger partial charge in [-0.1, -0.05) is 17.7 Å². The lowest BCUT2D eigenvalue weighted by atomic mass is 10.2. The summed E-state index contributed by atoms with van der Waals surface area (Å²) in [6.07, 6.45) is -0.315. The van der Waals surface area contributed by atoms with Gasteiger partial charge in [-0.05, 0) is 19.1 Å². The third kappa shape index (κ3) is 3.08. The SMILES string of the molecule is CC1=NCC(COS(=O)(=O)c2ccc(C)cc2)O1. The molecule has 6 heteroatoms. The Hall–Kier alpha value is -1.40. The Balaban J connectivity index is 1.98. The fraction of sp³-hybridized carbons (Fsp3) is 0.417. The molecule has 0 amide bonds. The van der Waals surface area contributed by atoms with Crippen molar-refractivity contribution >= 4 is 16.0 Å². The standard InChI is InChI=1S/C12H15NO4S/c1-9-3-5-12(6-4-9)18(14,15)16-8-11-7-13-10(2)17-11/h3-6,11H,7-8H2,1-2H3. The third-order valence-electron chi connectivity index (χ3n) is 2.57. The Bertz CT molecular complexity index is 548. The number of aryl methyl sites for hydroxylation is 1. The van der Waals surface area contributed by atoms with Crippen molar-refractivity contribution in [1.82, 2.24) is 0 Å². The summed E-state index contributed by atoms with van der Waals surface area (Å²) in [5, 5.41) is 0. The molecule has 1 aliphatic heterocycles. The van der Waals surface area contributed by atoms with Gasteiger partial charge in [-0.2, -0.15) is 8.42 Å². The molecule has 1 aromatic rings. The van der Waals surface area contributed by atoms with Gasteiger partial charge >= 0.3 is 0 Å². The third-order valence-corrected chi connectivity index (χ3v) is 3.87. The molecule has 98 valence electrons. The van der Waals surface area contributed by atoms with Gasteiger partial charge in [0.1, 0.15) is 12.7 Å². The maximum absolute atomic E-state index is 11.9. The number of hydrogen-bond donors (Lipinski definition) is 0. The van der Waals surface area contributed by atoms with Crippen LogP contribution in [0.1, 0.15) is 12.5 Å². The summed E-state index contributed by atoms with van der Waals surface area (Å²) in [6.45, 7) is 4.05. The summed E-state index contributed by atoms with van der Waals surface area (Å²) in [4.78, 5) is 4.18. The van der Waals surface area contributed by atoms with Crippen molar-refractivity contribution in [3.63, 3.8) is 0 Å². The van der Waals surface area contributed by atoms with Gasteiger partial charge in [0.05, 0.1) is 11.4 Å². The number of ether oxygens (including phenoxy) is 1. The highest BCUT2D eigenvalue weighted by Gasteiger charge is 2.22. The fourth-order valence-corrected chi connectivity index (χ4v) is 2.51. The zero-order valence-electron chi connectivity index (χ0n) is 10.3. The minimum atomic E-state index is -3.71. The van der Waals surface area contributed by atoms with Gasteiger partial charge in [0.2, 0.25) is 0 Å². The molecule has 0 fully saturated rings.